The van der Waals surface area contributed by atoms with Crippen molar-refractivity contribution in [3.8, 4) is 0 Å². The van der Waals surface area contributed by atoms with Crippen LogP contribution in [0.3, 0.4) is 0 Å². The third-order valence-electron chi connectivity index (χ3n) is 2.49. The molecule has 1 unspecified atom stereocenters. The molecule has 0 heterocycles. The zero-order valence-electron chi connectivity index (χ0n) is 6.62. The minimum absolute atomic E-state index is 0.0446. The van der Waals surface area contributed by atoms with Crippen LogP contribution in [0.15, 0.2) is 0 Å². The minimum Gasteiger partial charge on any atom is -0.211 e. The van der Waals surface area contributed by atoms with Crippen LogP contribution in [0, 0.1) is 11.3 Å². The lowest BCUT2D eigenvalue weighted by atomic mass is 9.84. The zero-order chi connectivity index (χ0) is 8.48. The maximum absolute atomic E-state index is 12.1. The Morgan fingerprint density at radius 1 is 1.55 bits per heavy atom. The molecule has 0 aromatic heterocycles. The first kappa shape index (κ1) is 9.43. The lowest BCUT2D eigenvalue weighted by Gasteiger charge is -2.26. The maximum Gasteiger partial charge on any atom is 0.239 e. The van der Waals surface area contributed by atoms with E-state index in [0.717, 1.165) is 12.8 Å². The van der Waals surface area contributed by atoms with Crippen molar-refractivity contribution in [1.82, 2.24) is 0 Å². The van der Waals surface area contributed by atoms with Gasteiger partial charge in [0, 0.05) is 11.8 Å². The Morgan fingerprint density at radius 3 is 2.36 bits per heavy atom. The van der Waals surface area contributed by atoms with E-state index in [0.29, 0.717) is 11.2 Å². The topological polar surface area (TPSA) is 0 Å². The molecular formula is C8H13BrF2. The van der Waals surface area contributed by atoms with Crippen LogP contribution in [0.5, 0.6) is 0 Å². The van der Waals surface area contributed by atoms with Crippen molar-refractivity contribution in [2.24, 2.45) is 11.3 Å². The van der Waals surface area contributed by atoms with Crippen LogP contribution in [0.25, 0.3) is 0 Å². The molecule has 0 saturated heterocycles. The molecule has 0 radical (unpaired) electrons. The zero-order valence-corrected chi connectivity index (χ0v) is 8.20. The highest BCUT2D eigenvalue weighted by atomic mass is 79.9. The van der Waals surface area contributed by atoms with Crippen LogP contribution in [-0.2, 0) is 0 Å². The molecule has 1 saturated carbocycles. The summed E-state index contributed by atoms with van der Waals surface area (Å²) in [6.07, 6.45) is 0.158. The Balaban J connectivity index is 2.44. The molecule has 0 spiro atoms. The summed E-state index contributed by atoms with van der Waals surface area (Å²) in [5, 5.41) is 0.703. The van der Waals surface area contributed by atoms with Gasteiger partial charge in [-0.05, 0) is 24.2 Å². The molecule has 1 atom stereocenters. The van der Waals surface area contributed by atoms with Gasteiger partial charge in [-0.2, -0.15) is 0 Å². The Hall–Kier alpha value is 0.340. The first-order valence-corrected chi connectivity index (χ1v) is 5.05. The largest absolute Gasteiger partial charge is 0.239 e. The minimum atomic E-state index is -2.15. The van der Waals surface area contributed by atoms with Crippen LogP contribution in [0.2, 0.25) is 0 Å². The van der Waals surface area contributed by atoms with Gasteiger partial charge < -0.3 is 0 Å². The van der Waals surface area contributed by atoms with E-state index >= 15 is 0 Å². The fraction of sp³-hybridized carbons (Fsp3) is 1.00. The quantitative estimate of drug-likeness (QED) is 0.645. The first-order chi connectivity index (χ1) is 5.08. The van der Waals surface area contributed by atoms with E-state index < -0.39 is 6.43 Å². The summed E-state index contributed by atoms with van der Waals surface area (Å²) in [6.45, 7) is 1.95. The van der Waals surface area contributed by atoms with E-state index in [2.05, 4.69) is 15.9 Å². The number of rotatable bonds is 4. The van der Waals surface area contributed by atoms with Crippen molar-refractivity contribution in [1.29, 1.82) is 0 Å². The van der Waals surface area contributed by atoms with Crippen LogP contribution in [0.4, 0.5) is 8.78 Å². The van der Waals surface area contributed by atoms with Gasteiger partial charge in [-0.3, -0.25) is 0 Å². The van der Waals surface area contributed by atoms with E-state index in [1.54, 1.807) is 0 Å². The van der Waals surface area contributed by atoms with E-state index in [4.69, 9.17) is 0 Å². The highest BCUT2D eigenvalue weighted by Gasteiger charge is 2.42. The molecule has 0 N–H and O–H groups in total. The SMILES string of the molecule is CC(CBr)(CC(F)F)C1CC1. The summed E-state index contributed by atoms with van der Waals surface area (Å²) >= 11 is 3.31. The molecule has 1 rings (SSSR count). The highest BCUT2D eigenvalue weighted by Crippen LogP contribution is 2.49. The summed E-state index contributed by atoms with van der Waals surface area (Å²) in [4.78, 5) is 0. The molecule has 3 heteroatoms. The summed E-state index contributed by atoms with van der Waals surface area (Å²) in [6, 6.07) is 0. The van der Waals surface area contributed by atoms with Crippen molar-refractivity contribution < 1.29 is 8.78 Å². The molecule has 0 aromatic carbocycles. The standard InChI is InChI=1S/C8H13BrF2/c1-8(5-9,4-7(10)11)6-2-3-6/h6-7H,2-5H2,1H3. The van der Waals surface area contributed by atoms with Gasteiger partial charge in [0.25, 0.3) is 0 Å². The van der Waals surface area contributed by atoms with Gasteiger partial charge in [0.15, 0.2) is 0 Å². The molecule has 0 bridgehead atoms. The second-order valence-electron chi connectivity index (χ2n) is 3.66. The van der Waals surface area contributed by atoms with Gasteiger partial charge in [0.2, 0.25) is 6.43 Å². The monoisotopic (exact) mass is 226 g/mol. The molecule has 1 fully saturated rings. The van der Waals surface area contributed by atoms with E-state index in [-0.39, 0.29) is 11.8 Å². The number of halogens is 3. The second-order valence-corrected chi connectivity index (χ2v) is 4.22. The second kappa shape index (κ2) is 3.38. The molecule has 0 amide bonds. The average molecular weight is 227 g/mol. The van der Waals surface area contributed by atoms with Gasteiger partial charge in [0.05, 0.1) is 0 Å². The van der Waals surface area contributed by atoms with Crippen molar-refractivity contribution in [3.05, 3.63) is 0 Å². The fourth-order valence-corrected chi connectivity index (χ4v) is 2.15. The lowest BCUT2D eigenvalue weighted by molar-refractivity contribution is 0.0803. The number of alkyl halides is 3. The third-order valence-corrected chi connectivity index (χ3v) is 3.77. The molecular weight excluding hydrogens is 214 g/mol. The molecule has 0 nitrogen and oxygen atoms in total. The summed E-state index contributed by atoms with van der Waals surface area (Å²) in [7, 11) is 0. The normalized spacial score (nSPS) is 23.7. The number of hydrogen-bond acceptors (Lipinski definition) is 0. The van der Waals surface area contributed by atoms with Gasteiger partial charge in [0.1, 0.15) is 0 Å². The molecule has 1 aliphatic carbocycles. The molecule has 11 heavy (non-hydrogen) atoms. The van der Waals surface area contributed by atoms with Crippen molar-refractivity contribution in [2.45, 2.75) is 32.6 Å². The van der Waals surface area contributed by atoms with Gasteiger partial charge in [-0.15, -0.1) is 0 Å². The predicted molar refractivity (Wildman–Crippen MR) is 45.2 cm³/mol. The Morgan fingerprint density at radius 2 is 2.09 bits per heavy atom. The Bertz CT molecular complexity index is 134. The molecule has 0 aliphatic heterocycles. The van der Waals surface area contributed by atoms with Crippen molar-refractivity contribution in [2.75, 3.05) is 5.33 Å². The van der Waals surface area contributed by atoms with Gasteiger partial charge in [-0.25, -0.2) is 8.78 Å². The fourth-order valence-electron chi connectivity index (χ4n) is 1.46. The average Bonchev–Trinajstić information content (AvgIpc) is 2.66. The van der Waals surface area contributed by atoms with E-state index in [1.165, 1.54) is 0 Å². The van der Waals surface area contributed by atoms with Crippen molar-refractivity contribution >= 4 is 15.9 Å². The van der Waals surface area contributed by atoms with Crippen LogP contribution < -0.4 is 0 Å². The first-order valence-electron chi connectivity index (χ1n) is 3.92. The summed E-state index contributed by atoms with van der Waals surface area (Å²) < 4.78 is 24.2. The van der Waals surface area contributed by atoms with Crippen LogP contribution >= 0.6 is 15.9 Å². The Labute approximate surface area is 74.5 Å². The third kappa shape index (κ3) is 2.39. The smallest absolute Gasteiger partial charge is 0.211 e. The van der Waals surface area contributed by atoms with Crippen LogP contribution in [0.1, 0.15) is 26.2 Å². The summed E-state index contributed by atoms with van der Waals surface area (Å²) in [5.41, 5.74) is -0.159. The van der Waals surface area contributed by atoms with Crippen molar-refractivity contribution in [3.63, 3.8) is 0 Å². The summed E-state index contributed by atoms with van der Waals surface area (Å²) in [5.74, 6) is 0.538. The Kier molecular flexibility index (Phi) is 2.90. The predicted octanol–water partition coefficient (Wildman–Crippen LogP) is 3.45. The maximum atomic E-state index is 12.1. The number of hydrogen-bond donors (Lipinski definition) is 0. The molecule has 0 aromatic rings. The molecule has 66 valence electrons. The van der Waals surface area contributed by atoms with Gasteiger partial charge >= 0.3 is 0 Å². The molecule has 1 aliphatic rings. The highest BCUT2D eigenvalue weighted by molar-refractivity contribution is 9.09. The lowest BCUT2D eigenvalue weighted by Crippen LogP contribution is -2.24. The van der Waals surface area contributed by atoms with E-state index in [1.807, 2.05) is 6.92 Å². The van der Waals surface area contributed by atoms with Gasteiger partial charge in [-0.1, -0.05) is 22.9 Å². The van der Waals surface area contributed by atoms with Crippen LogP contribution in [-0.4, -0.2) is 11.8 Å². The van der Waals surface area contributed by atoms with E-state index in [9.17, 15) is 8.78 Å².